The van der Waals surface area contributed by atoms with Crippen molar-refractivity contribution in [1.29, 1.82) is 0 Å². The molecule has 0 spiro atoms. The number of hydrogen-bond donors (Lipinski definition) is 1. The van der Waals surface area contributed by atoms with E-state index in [0.717, 1.165) is 4.47 Å². The van der Waals surface area contributed by atoms with Gasteiger partial charge in [-0.3, -0.25) is 4.79 Å². The normalized spacial score (nSPS) is 10.2. The van der Waals surface area contributed by atoms with Crippen molar-refractivity contribution in [2.45, 2.75) is 0 Å². The first kappa shape index (κ1) is 13.2. The van der Waals surface area contributed by atoms with Crippen LogP contribution >= 0.6 is 31.9 Å². The van der Waals surface area contributed by atoms with Crippen LogP contribution in [-0.2, 0) is 0 Å². The van der Waals surface area contributed by atoms with Crippen molar-refractivity contribution >= 4 is 43.6 Å². The van der Waals surface area contributed by atoms with Crippen molar-refractivity contribution in [1.82, 2.24) is 4.98 Å². The summed E-state index contributed by atoms with van der Waals surface area (Å²) in [6, 6.07) is 7.72. The molecule has 6 heteroatoms. The number of carbonyl (C=O) groups is 1. The van der Waals surface area contributed by atoms with Gasteiger partial charge in [-0.15, -0.1) is 0 Å². The minimum absolute atomic E-state index is 0.0423. The predicted molar refractivity (Wildman–Crippen MR) is 74.0 cm³/mol. The molecule has 2 rings (SSSR count). The summed E-state index contributed by atoms with van der Waals surface area (Å²) in [6.07, 6.45) is 1.54. The van der Waals surface area contributed by atoms with Crippen LogP contribution in [0.5, 0.6) is 0 Å². The van der Waals surface area contributed by atoms with Gasteiger partial charge in [0.2, 0.25) is 0 Å². The molecule has 18 heavy (non-hydrogen) atoms. The third kappa shape index (κ3) is 2.94. The Hall–Kier alpha value is -1.27. The summed E-state index contributed by atoms with van der Waals surface area (Å²) >= 11 is 6.41. The Balaban J connectivity index is 2.28. The number of carbonyl (C=O) groups excluding carboxylic acids is 1. The number of pyridine rings is 1. The molecule has 3 nitrogen and oxygen atoms in total. The molecule has 0 bridgehead atoms. The number of hydrogen-bond acceptors (Lipinski definition) is 2. The number of rotatable bonds is 2. The molecule has 0 fully saturated rings. The van der Waals surface area contributed by atoms with Gasteiger partial charge in [0, 0.05) is 15.1 Å². The molecule has 1 aromatic heterocycles. The Labute approximate surface area is 120 Å². The van der Waals surface area contributed by atoms with E-state index in [4.69, 9.17) is 0 Å². The standard InChI is InChI=1S/C12H7Br2FN2O/c13-7-4-5-16-10(6-7)17-12(18)11-8(14)2-1-3-9(11)15/h1-6H,(H,16,17,18). The molecule has 1 heterocycles. The number of halogens is 3. The van der Waals surface area contributed by atoms with Gasteiger partial charge in [-0.1, -0.05) is 22.0 Å². The van der Waals surface area contributed by atoms with Crippen LogP contribution in [0, 0.1) is 5.82 Å². The fourth-order valence-electron chi connectivity index (χ4n) is 1.37. The van der Waals surface area contributed by atoms with Crippen molar-refractivity contribution in [3.8, 4) is 0 Å². The van der Waals surface area contributed by atoms with E-state index in [1.165, 1.54) is 18.3 Å². The number of nitrogens with zero attached hydrogens (tertiary/aromatic N) is 1. The van der Waals surface area contributed by atoms with Crippen molar-refractivity contribution in [2.24, 2.45) is 0 Å². The first-order valence-electron chi connectivity index (χ1n) is 4.95. The highest BCUT2D eigenvalue weighted by molar-refractivity contribution is 9.10. The van der Waals surface area contributed by atoms with E-state index in [9.17, 15) is 9.18 Å². The topological polar surface area (TPSA) is 42.0 Å². The lowest BCUT2D eigenvalue weighted by atomic mass is 10.2. The Morgan fingerprint density at radius 3 is 2.72 bits per heavy atom. The molecule has 0 unspecified atom stereocenters. The summed E-state index contributed by atoms with van der Waals surface area (Å²) in [7, 11) is 0. The number of amides is 1. The SMILES string of the molecule is O=C(Nc1cc(Br)ccn1)c1c(F)cccc1Br. The van der Waals surface area contributed by atoms with Gasteiger partial charge < -0.3 is 5.32 Å². The second-order valence-electron chi connectivity index (χ2n) is 3.41. The Kier molecular flexibility index (Phi) is 4.08. The Morgan fingerprint density at radius 2 is 2.06 bits per heavy atom. The van der Waals surface area contributed by atoms with Crippen molar-refractivity contribution in [2.75, 3.05) is 5.32 Å². The zero-order valence-corrected chi connectivity index (χ0v) is 12.1. The van der Waals surface area contributed by atoms with Gasteiger partial charge in [0.1, 0.15) is 11.6 Å². The van der Waals surface area contributed by atoms with Crippen LogP contribution in [0.25, 0.3) is 0 Å². The van der Waals surface area contributed by atoms with Gasteiger partial charge in [0.25, 0.3) is 5.91 Å². The zero-order valence-electron chi connectivity index (χ0n) is 8.95. The molecule has 0 radical (unpaired) electrons. The lowest BCUT2D eigenvalue weighted by Crippen LogP contribution is -2.15. The molecule has 1 amide bonds. The maximum Gasteiger partial charge on any atom is 0.260 e. The zero-order chi connectivity index (χ0) is 13.1. The molecule has 0 saturated heterocycles. The monoisotopic (exact) mass is 372 g/mol. The van der Waals surface area contributed by atoms with Gasteiger partial charge in [-0.05, 0) is 40.2 Å². The molecule has 1 N–H and O–H groups in total. The van der Waals surface area contributed by atoms with Crippen LogP contribution in [0.2, 0.25) is 0 Å². The molecule has 0 atom stereocenters. The minimum Gasteiger partial charge on any atom is -0.306 e. The largest absolute Gasteiger partial charge is 0.306 e. The average molecular weight is 374 g/mol. The Morgan fingerprint density at radius 1 is 1.28 bits per heavy atom. The van der Waals surface area contributed by atoms with Crippen molar-refractivity contribution in [3.05, 3.63) is 56.9 Å². The maximum absolute atomic E-state index is 13.6. The first-order chi connectivity index (χ1) is 8.58. The third-order valence-corrected chi connectivity index (χ3v) is 3.31. The third-order valence-electron chi connectivity index (χ3n) is 2.15. The van der Waals surface area contributed by atoms with E-state index in [1.807, 2.05) is 0 Å². The molecule has 0 saturated carbocycles. The van der Waals surface area contributed by atoms with Gasteiger partial charge in [0.15, 0.2) is 0 Å². The van der Waals surface area contributed by atoms with Crippen LogP contribution in [0.4, 0.5) is 10.2 Å². The summed E-state index contributed by atoms with van der Waals surface area (Å²) in [4.78, 5) is 15.9. The van der Waals surface area contributed by atoms with Crippen LogP contribution in [0.1, 0.15) is 10.4 Å². The van der Waals surface area contributed by atoms with E-state index < -0.39 is 11.7 Å². The highest BCUT2D eigenvalue weighted by atomic mass is 79.9. The second-order valence-corrected chi connectivity index (χ2v) is 5.18. The van der Waals surface area contributed by atoms with E-state index in [0.29, 0.717) is 10.3 Å². The lowest BCUT2D eigenvalue weighted by Gasteiger charge is -2.07. The fraction of sp³-hybridized carbons (Fsp3) is 0. The molecule has 1 aromatic carbocycles. The lowest BCUT2D eigenvalue weighted by molar-refractivity contribution is 0.102. The highest BCUT2D eigenvalue weighted by Crippen LogP contribution is 2.21. The molecular formula is C12H7Br2FN2O. The predicted octanol–water partition coefficient (Wildman–Crippen LogP) is 4.00. The van der Waals surface area contributed by atoms with Crippen LogP contribution < -0.4 is 5.32 Å². The Bertz CT molecular complexity index is 584. The van der Waals surface area contributed by atoms with Gasteiger partial charge >= 0.3 is 0 Å². The van der Waals surface area contributed by atoms with E-state index in [2.05, 4.69) is 42.2 Å². The molecule has 0 aliphatic heterocycles. The van der Waals surface area contributed by atoms with E-state index in [1.54, 1.807) is 18.2 Å². The summed E-state index contributed by atoms with van der Waals surface area (Å²) in [5.41, 5.74) is -0.0423. The van der Waals surface area contributed by atoms with E-state index >= 15 is 0 Å². The van der Waals surface area contributed by atoms with E-state index in [-0.39, 0.29) is 5.56 Å². The van der Waals surface area contributed by atoms with Crippen LogP contribution in [0.15, 0.2) is 45.5 Å². The minimum atomic E-state index is -0.586. The molecule has 2 aromatic rings. The fourth-order valence-corrected chi connectivity index (χ4v) is 2.22. The number of aromatic nitrogens is 1. The number of anilines is 1. The summed E-state index contributed by atoms with van der Waals surface area (Å²) < 4.78 is 14.7. The maximum atomic E-state index is 13.6. The van der Waals surface area contributed by atoms with Crippen molar-refractivity contribution in [3.63, 3.8) is 0 Å². The van der Waals surface area contributed by atoms with Gasteiger partial charge in [-0.2, -0.15) is 0 Å². The summed E-state index contributed by atoms with van der Waals surface area (Å²) in [5.74, 6) is -0.785. The van der Waals surface area contributed by atoms with Crippen molar-refractivity contribution < 1.29 is 9.18 Å². The molecule has 0 aliphatic carbocycles. The highest BCUT2D eigenvalue weighted by Gasteiger charge is 2.15. The summed E-state index contributed by atoms with van der Waals surface area (Å²) in [6.45, 7) is 0. The molecule has 92 valence electrons. The van der Waals surface area contributed by atoms with Crippen LogP contribution in [0.3, 0.4) is 0 Å². The van der Waals surface area contributed by atoms with Crippen LogP contribution in [-0.4, -0.2) is 10.9 Å². The number of benzene rings is 1. The smallest absolute Gasteiger partial charge is 0.260 e. The molecule has 0 aliphatic rings. The first-order valence-corrected chi connectivity index (χ1v) is 6.53. The van der Waals surface area contributed by atoms with Gasteiger partial charge in [-0.25, -0.2) is 9.37 Å². The quantitative estimate of drug-likeness (QED) is 0.864. The average Bonchev–Trinajstić information content (AvgIpc) is 2.28. The second kappa shape index (κ2) is 5.58. The van der Waals surface area contributed by atoms with Gasteiger partial charge in [0.05, 0.1) is 5.56 Å². The number of nitrogens with one attached hydrogen (secondary N) is 1. The molecular weight excluding hydrogens is 367 g/mol. The summed E-state index contributed by atoms with van der Waals surface area (Å²) in [5, 5.41) is 2.53.